The lowest BCUT2D eigenvalue weighted by Gasteiger charge is -2.11. The van der Waals surface area contributed by atoms with E-state index in [-0.39, 0.29) is 5.75 Å². The highest BCUT2D eigenvalue weighted by atomic mass is 19.3. The molecule has 6 nitrogen and oxygen atoms in total. The van der Waals surface area contributed by atoms with Gasteiger partial charge in [-0.3, -0.25) is 4.98 Å². The molecular formula is C17H15F2N5O. The maximum atomic E-state index is 12.2. The number of hydrogen-bond donors (Lipinski definition) is 2. The molecule has 3 aromatic rings. The third-order valence-electron chi connectivity index (χ3n) is 3.28. The van der Waals surface area contributed by atoms with E-state index in [4.69, 9.17) is 0 Å². The van der Waals surface area contributed by atoms with E-state index in [1.807, 2.05) is 12.1 Å². The highest BCUT2D eigenvalue weighted by Crippen LogP contribution is 2.24. The van der Waals surface area contributed by atoms with Crippen LogP contribution in [0.5, 0.6) is 5.75 Å². The number of aromatic nitrogens is 3. The molecule has 8 heteroatoms. The first kappa shape index (κ1) is 16.6. The smallest absolute Gasteiger partial charge is 0.387 e. The minimum absolute atomic E-state index is 0.0941. The Balaban J connectivity index is 1.84. The predicted molar refractivity (Wildman–Crippen MR) is 91.2 cm³/mol. The number of rotatable bonds is 6. The van der Waals surface area contributed by atoms with Crippen LogP contribution in [0, 0.1) is 0 Å². The van der Waals surface area contributed by atoms with Gasteiger partial charge in [-0.05, 0) is 36.4 Å². The lowest BCUT2D eigenvalue weighted by atomic mass is 10.2. The van der Waals surface area contributed by atoms with Gasteiger partial charge in [0.25, 0.3) is 0 Å². The van der Waals surface area contributed by atoms with E-state index in [1.54, 1.807) is 37.6 Å². The van der Waals surface area contributed by atoms with E-state index < -0.39 is 6.61 Å². The van der Waals surface area contributed by atoms with Crippen molar-refractivity contribution in [2.45, 2.75) is 6.61 Å². The fourth-order valence-electron chi connectivity index (χ4n) is 2.16. The summed E-state index contributed by atoms with van der Waals surface area (Å²) < 4.78 is 28.7. The van der Waals surface area contributed by atoms with Crippen LogP contribution in [0.4, 0.5) is 26.2 Å². The van der Waals surface area contributed by atoms with Crippen molar-refractivity contribution >= 4 is 17.5 Å². The molecule has 0 unspecified atom stereocenters. The minimum Gasteiger partial charge on any atom is -0.435 e. The summed E-state index contributed by atoms with van der Waals surface area (Å²) in [7, 11) is 1.73. The van der Waals surface area contributed by atoms with Crippen molar-refractivity contribution in [1.29, 1.82) is 0 Å². The van der Waals surface area contributed by atoms with Gasteiger partial charge in [0, 0.05) is 36.8 Å². The van der Waals surface area contributed by atoms with Crippen molar-refractivity contribution in [1.82, 2.24) is 15.0 Å². The number of ether oxygens (including phenoxy) is 1. The summed E-state index contributed by atoms with van der Waals surface area (Å²) in [5.74, 6) is 1.11. The van der Waals surface area contributed by atoms with Crippen LogP contribution < -0.4 is 15.4 Å². The second kappa shape index (κ2) is 7.52. The van der Waals surface area contributed by atoms with Crippen LogP contribution in [-0.4, -0.2) is 28.6 Å². The Bertz CT molecular complexity index is 828. The summed E-state index contributed by atoms with van der Waals surface area (Å²) in [6, 6.07) is 11.7. The summed E-state index contributed by atoms with van der Waals surface area (Å²) in [5.41, 5.74) is 2.31. The molecule has 0 bridgehead atoms. The van der Waals surface area contributed by atoms with Gasteiger partial charge in [-0.1, -0.05) is 0 Å². The van der Waals surface area contributed by atoms with Crippen LogP contribution >= 0.6 is 0 Å². The summed E-state index contributed by atoms with van der Waals surface area (Å²) >= 11 is 0. The molecule has 0 spiro atoms. The molecule has 128 valence electrons. The van der Waals surface area contributed by atoms with Gasteiger partial charge in [0.15, 0.2) is 0 Å². The summed E-state index contributed by atoms with van der Waals surface area (Å²) in [5, 5.41) is 6.03. The van der Waals surface area contributed by atoms with Gasteiger partial charge >= 0.3 is 6.61 Å². The Hall–Kier alpha value is -3.29. The molecule has 25 heavy (non-hydrogen) atoms. The van der Waals surface area contributed by atoms with Gasteiger partial charge in [0.2, 0.25) is 5.95 Å². The van der Waals surface area contributed by atoms with Crippen LogP contribution in [-0.2, 0) is 0 Å². The topological polar surface area (TPSA) is 72.0 Å². The van der Waals surface area contributed by atoms with Gasteiger partial charge in [-0.2, -0.15) is 13.8 Å². The van der Waals surface area contributed by atoms with E-state index in [0.717, 1.165) is 11.3 Å². The number of hydrogen-bond acceptors (Lipinski definition) is 6. The monoisotopic (exact) mass is 343 g/mol. The molecule has 0 fully saturated rings. The molecule has 1 aromatic carbocycles. The Morgan fingerprint density at radius 3 is 2.36 bits per heavy atom. The maximum absolute atomic E-state index is 12.2. The largest absolute Gasteiger partial charge is 0.435 e. The zero-order valence-corrected chi connectivity index (χ0v) is 13.3. The normalized spacial score (nSPS) is 10.6. The molecule has 2 heterocycles. The third kappa shape index (κ3) is 4.37. The van der Waals surface area contributed by atoms with Gasteiger partial charge in [-0.15, -0.1) is 0 Å². The van der Waals surface area contributed by atoms with E-state index in [2.05, 4.69) is 30.3 Å². The molecular weight excluding hydrogens is 328 g/mol. The first-order valence-electron chi connectivity index (χ1n) is 7.43. The van der Waals surface area contributed by atoms with Crippen molar-refractivity contribution < 1.29 is 13.5 Å². The SMILES string of the molecule is CNc1nc(Nc2ccc(OC(F)F)cc2)cc(-c2ccncc2)n1. The minimum atomic E-state index is -2.85. The number of halogens is 2. The molecule has 0 atom stereocenters. The summed E-state index contributed by atoms with van der Waals surface area (Å²) in [6.07, 6.45) is 3.37. The fraction of sp³-hybridized carbons (Fsp3) is 0.118. The second-order valence-electron chi connectivity index (χ2n) is 4.98. The lowest BCUT2D eigenvalue weighted by molar-refractivity contribution is -0.0498. The first-order valence-corrected chi connectivity index (χ1v) is 7.43. The zero-order valence-electron chi connectivity index (χ0n) is 13.3. The van der Waals surface area contributed by atoms with Gasteiger partial charge in [0.1, 0.15) is 11.6 Å². The van der Waals surface area contributed by atoms with Gasteiger partial charge < -0.3 is 15.4 Å². The highest BCUT2D eigenvalue weighted by Gasteiger charge is 2.07. The van der Waals surface area contributed by atoms with Crippen LogP contribution in [0.1, 0.15) is 0 Å². The number of nitrogens with zero attached hydrogens (tertiary/aromatic N) is 3. The third-order valence-corrected chi connectivity index (χ3v) is 3.28. The molecule has 0 saturated carbocycles. The second-order valence-corrected chi connectivity index (χ2v) is 4.98. The Morgan fingerprint density at radius 2 is 1.72 bits per heavy atom. The molecule has 3 rings (SSSR count). The molecule has 2 N–H and O–H groups in total. The summed E-state index contributed by atoms with van der Waals surface area (Å²) in [6.45, 7) is -2.85. The number of benzene rings is 1. The number of alkyl halides is 2. The molecule has 2 aromatic heterocycles. The van der Waals surface area contributed by atoms with Crippen molar-refractivity contribution in [3.8, 4) is 17.0 Å². The van der Waals surface area contributed by atoms with Crippen molar-refractivity contribution in [3.63, 3.8) is 0 Å². The van der Waals surface area contributed by atoms with E-state index in [1.165, 1.54) is 12.1 Å². The average Bonchev–Trinajstić information content (AvgIpc) is 2.63. The maximum Gasteiger partial charge on any atom is 0.387 e. The van der Waals surface area contributed by atoms with Crippen molar-refractivity contribution in [3.05, 3.63) is 54.9 Å². The Kier molecular flexibility index (Phi) is 4.98. The molecule has 0 aliphatic carbocycles. The highest BCUT2D eigenvalue weighted by molar-refractivity contribution is 5.67. The number of pyridine rings is 1. The fourth-order valence-corrected chi connectivity index (χ4v) is 2.16. The Labute approximate surface area is 142 Å². The zero-order chi connectivity index (χ0) is 17.6. The van der Waals surface area contributed by atoms with Crippen LogP contribution in [0.15, 0.2) is 54.9 Å². The molecule has 0 amide bonds. The quantitative estimate of drug-likeness (QED) is 0.707. The van der Waals surface area contributed by atoms with Gasteiger partial charge in [0.05, 0.1) is 5.69 Å². The summed E-state index contributed by atoms with van der Waals surface area (Å²) in [4.78, 5) is 12.8. The standard InChI is InChI=1S/C17H15F2N5O/c1-20-17-23-14(11-6-8-21-9-7-11)10-15(24-17)22-12-2-4-13(5-3-12)25-16(18)19/h2-10,16H,1H3,(H2,20,22,23,24). The predicted octanol–water partition coefficient (Wildman–Crippen LogP) is 3.93. The van der Waals surface area contributed by atoms with Gasteiger partial charge in [-0.25, -0.2) is 4.98 Å². The van der Waals surface area contributed by atoms with Crippen LogP contribution in [0.2, 0.25) is 0 Å². The van der Waals surface area contributed by atoms with E-state index in [0.29, 0.717) is 17.5 Å². The molecule has 0 aliphatic rings. The molecule has 0 aliphatic heterocycles. The number of anilines is 3. The van der Waals surface area contributed by atoms with Crippen LogP contribution in [0.25, 0.3) is 11.3 Å². The average molecular weight is 343 g/mol. The van der Waals surface area contributed by atoms with E-state index >= 15 is 0 Å². The number of nitrogens with one attached hydrogen (secondary N) is 2. The van der Waals surface area contributed by atoms with E-state index in [9.17, 15) is 8.78 Å². The molecule has 0 saturated heterocycles. The van der Waals surface area contributed by atoms with Crippen LogP contribution in [0.3, 0.4) is 0 Å². The molecule has 0 radical (unpaired) electrons. The first-order chi connectivity index (χ1) is 12.1. The van der Waals surface area contributed by atoms with Crippen molar-refractivity contribution in [2.75, 3.05) is 17.7 Å². The van der Waals surface area contributed by atoms with Crippen molar-refractivity contribution in [2.24, 2.45) is 0 Å². The lowest BCUT2D eigenvalue weighted by Crippen LogP contribution is -2.03. The Morgan fingerprint density at radius 1 is 1.00 bits per heavy atom.